The summed E-state index contributed by atoms with van der Waals surface area (Å²) < 4.78 is 0. The number of fused-ring (bicyclic) bond motifs is 1. The van der Waals surface area contributed by atoms with Gasteiger partial charge in [-0.2, -0.15) is 0 Å². The summed E-state index contributed by atoms with van der Waals surface area (Å²) in [5.41, 5.74) is 2.16. The fraction of sp³-hybridized carbons (Fsp3) is 0.714. The lowest BCUT2D eigenvalue weighted by Crippen LogP contribution is -2.55. The number of hydrogen-bond donors (Lipinski definition) is 2. The van der Waals surface area contributed by atoms with Gasteiger partial charge in [-0.05, 0) is 12.8 Å². The van der Waals surface area contributed by atoms with Gasteiger partial charge in [-0.1, -0.05) is 0 Å². The van der Waals surface area contributed by atoms with E-state index in [9.17, 15) is 4.79 Å². The summed E-state index contributed by atoms with van der Waals surface area (Å²) in [6, 6.07) is 0.713. The summed E-state index contributed by atoms with van der Waals surface area (Å²) in [5, 5.41) is 3.33. The second-order valence-corrected chi connectivity index (χ2v) is 6.06. The number of nitrogens with one attached hydrogen (secondary N) is 2. The Labute approximate surface area is 118 Å². The third kappa shape index (κ3) is 2.23. The van der Waals surface area contributed by atoms with Crippen molar-refractivity contribution in [2.24, 2.45) is 0 Å². The largest absolute Gasteiger partial charge is 0.347 e. The first kappa shape index (κ1) is 12.3. The monoisotopic (exact) mass is 275 g/mol. The van der Waals surface area contributed by atoms with Gasteiger partial charge >= 0.3 is 0 Å². The standard InChI is InChI=1S/C14H21N5O/c20-14(12-7-11-13(8-15-12)17-9-16-11)19-5-3-18(4-6-19)10-1-2-10/h9-10,12,15H,1-8H2,(H,16,17). The molecule has 6 heteroatoms. The lowest BCUT2D eigenvalue weighted by Gasteiger charge is -2.37. The number of hydrogen-bond acceptors (Lipinski definition) is 4. The molecule has 0 spiro atoms. The molecule has 2 fully saturated rings. The molecule has 1 unspecified atom stereocenters. The molecule has 1 saturated heterocycles. The zero-order chi connectivity index (χ0) is 13.5. The summed E-state index contributed by atoms with van der Waals surface area (Å²) in [6.45, 7) is 4.54. The molecule has 108 valence electrons. The molecule has 1 atom stereocenters. The molecule has 0 aromatic carbocycles. The van der Waals surface area contributed by atoms with Gasteiger partial charge < -0.3 is 9.88 Å². The van der Waals surface area contributed by atoms with Gasteiger partial charge in [0.2, 0.25) is 5.91 Å². The van der Waals surface area contributed by atoms with Crippen LogP contribution in [0.15, 0.2) is 6.33 Å². The lowest BCUT2D eigenvalue weighted by molar-refractivity contribution is -0.135. The minimum Gasteiger partial charge on any atom is -0.347 e. The van der Waals surface area contributed by atoms with Crippen LogP contribution >= 0.6 is 0 Å². The fourth-order valence-electron chi connectivity index (χ4n) is 3.31. The number of carbonyl (C=O) groups is 1. The van der Waals surface area contributed by atoms with Crippen LogP contribution in [0.1, 0.15) is 24.2 Å². The number of aromatic amines is 1. The minimum atomic E-state index is -0.0988. The average Bonchev–Trinajstić information content (AvgIpc) is 3.24. The Hall–Kier alpha value is -1.40. The molecule has 1 saturated carbocycles. The molecule has 6 nitrogen and oxygen atoms in total. The smallest absolute Gasteiger partial charge is 0.240 e. The summed E-state index contributed by atoms with van der Waals surface area (Å²) in [7, 11) is 0. The van der Waals surface area contributed by atoms with Crippen LogP contribution in [0.2, 0.25) is 0 Å². The molecule has 0 radical (unpaired) electrons. The second kappa shape index (κ2) is 4.86. The number of piperazine rings is 1. The predicted octanol–water partition coefficient (Wildman–Crippen LogP) is -0.269. The summed E-state index contributed by atoms with van der Waals surface area (Å²) in [5.74, 6) is 0.245. The van der Waals surface area contributed by atoms with Crippen LogP contribution in [-0.2, 0) is 17.8 Å². The maximum atomic E-state index is 12.6. The molecule has 3 aliphatic rings. The van der Waals surface area contributed by atoms with Crippen molar-refractivity contribution in [2.75, 3.05) is 26.2 Å². The average molecular weight is 275 g/mol. The molecule has 2 aliphatic heterocycles. The van der Waals surface area contributed by atoms with Crippen LogP contribution in [0.4, 0.5) is 0 Å². The molecule has 1 aromatic rings. The van der Waals surface area contributed by atoms with Gasteiger partial charge in [0.1, 0.15) is 0 Å². The highest BCUT2D eigenvalue weighted by Gasteiger charge is 2.34. The highest BCUT2D eigenvalue weighted by molar-refractivity contribution is 5.82. The molecule has 1 aromatic heterocycles. The lowest BCUT2D eigenvalue weighted by atomic mass is 10.0. The Bertz CT molecular complexity index is 501. The van der Waals surface area contributed by atoms with E-state index in [0.29, 0.717) is 13.0 Å². The maximum absolute atomic E-state index is 12.6. The molecule has 0 bridgehead atoms. The summed E-state index contributed by atoms with van der Waals surface area (Å²) in [6.07, 6.45) is 5.12. The topological polar surface area (TPSA) is 64.3 Å². The number of rotatable bonds is 2. The van der Waals surface area contributed by atoms with Gasteiger partial charge in [-0.3, -0.25) is 15.0 Å². The number of imidazole rings is 1. The first-order chi connectivity index (χ1) is 9.81. The van der Waals surface area contributed by atoms with Gasteiger partial charge in [-0.25, -0.2) is 4.98 Å². The van der Waals surface area contributed by atoms with Crippen molar-refractivity contribution in [2.45, 2.75) is 37.9 Å². The third-order valence-corrected chi connectivity index (χ3v) is 4.72. The van der Waals surface area contributed by atoms with Crippen molar-refractivity contribution in [3.63, 3.8) is 0 Å². The molecule has 1 amide bonds. The van der Waals surface area contributed by atoms with Gasteiger partial charge in [0.05, 0.1) is 23.8 Å². The van der Waals surface area contributed by atoms with E-state index >= 15 is 0 Å². The van der Waals surface area contributed by atoms with E-state index in [2.05, 4.69) is 20.2 Å². The van der Waals surface area contributed by atoms with E-state index in [1.807, 2.05) is 4.90 Å². The van der Waals surface area contributed by atoms with Gasteiger partial charge in [0.25, 0.3) is 0 Å². The van der Waals surface area contributed by atoms with Crippen LogP contribution in [0, 0.1) is 0 Å². The van der Waals surface area contributed by atoms with Crippen LogP contribution < -0.4 is 5.32 Å². The summed E-state index contributed by atoms with van der Waals surface area (Å²) >= 11 is 0. The van der Waals surface area contributed by atoms with Gasteiger partial charge in [-0.15, -0.1) is 0 Å². The highest BCUT2D eigenvalue weighted by Crippen LogP contribution is 2.27. The van der Waals surface area contributed by atoms with Crippen molar-refractivity contribution in [1.82, 2.24) is 25.1 Å². The number of aromatic nitrogens is 2. The second-order valence-electron chi connectivity index (χ2n) is 6.06. The van der Waals surface area contributed by atoms with Crippen LogP contribution in [0.25, 0.3) is 0 Å². The molecule has 20 heavy (non-hydrogen) atoms. The Balaban J connectivity index is 1.36. The molecular formula is C14H21N5O. The predicted molar refractivity (Wildman–Crippen MR) is 74.1 cm³/mol. The highest BCUT2D eigenvalue weighted by atomic mass is 16.2. The maximum Gasteiger partial charge on any atom is 0.240 e. The van der Waals surface area contributed by atoms with Crippen molar-refractivity contribution in [1.29, 1.82) is 0 Å². The molecule has 4 rings (SSSR count). The van der Waals surface area contributed by atoms with Gasteiger partial charge in [0, 0.05) is 45.2 Å². The number of nitrogens with zero attached hydrogens (tertiary/aromatic N) is 3. The van der Waals surface area contributed by atoms with E-state index in [-0.39, 0.29) is 11.9 Å². The van der Waals surface area contributed by atoms with Crippen molar-refractivity contribution in [3.05, 3.63) is 17.7 Å². The molecule has 1 aliphatic carbocycles. The van der Waals surface area contributed by atoms with E-state index in [1.54, 1.807) is 6.33 Å². The van der Waals surface area contributed by atoms with Crippen LogP contribution in [0.3, 0.4) is 0 Å². The van der Waals surface area contributed by atoms with Crippen molar-refractivity contribution >= 4 is 5.91 Å². The van der Waals surface area contributed by atoms with E-state index < -0.39 is 0 Å². The summed E-state index contributed by atoms with van der Waals surface area (Å²) in [4.78, 5) is 24.6. The van der Waals surface area contributed by atoms with Crippen molar-refractivity contribution in [3.8, 4) is 0 Å². The van der Waals surface area contributed by atoms with E-state index in [0.717, 1.165) is 43.6 Å². The molecule has 2 N–H and O–H groups in total. The number of amides is 1. The Morgan fingerprint density at radius 3 is 2.80 bits per heavy atom. The van der Waals surface area contributed by atoms with Gasteiger partial charge in [0.15, 0.2) is 0 Å². The zero-order valence-corrected chi connectivity index (χ0v) is 11.6. The SMILES string of the molecule is O=C(C1Cc2nc[nH]c2CN1)N1CCN(C2CC2)CC1. The Kier molecular flexibility index (Phi) is 3.00. The van der Waals surface area contributed by atoms with Crippen LogP contribution in [-0.4, -0.2) is 63.9 Å². The van der Waals surface area contributed by atoms with Crippen LogP contribution in [0.5, 0.6) is 0 Å². The quantitative estimate of drug-likeness (QED) is 0.780. The first-order valence-corrected chi connectivity index (χ1v) is 7.58. The molecular weight excluding hydrogens is 254 g/mol. The fourth-order valence-corrected chi connectivity index (χ4v) is 3.31. The third-order valence-electron chi connectivity index (χ3n) is 4.72. The normalized spacial score (nSPS) is 27.4. The van der Waals surface area contributed by atoms with Crippen molar-refractivity contribution < 1.29 is 4.79 Å². The zero-order valence-electron chi connectivity index (χ0n) is 11.6. The molecule has 3 heterocycles. The minimum absolute atomic E-state index is 0.0988. The van der Waals surface area contributed by atoms with E-state index in [1.165, 1.54) is 12.8 Å². The number of H-pyrrole nitrogens is 1. The Morgan fingerprint density at radius 2 is 2.05 bits per heavy atom. The first-order valence-electron chi connectivity index (χ1n) is 7.58. The van der Waals surface area contributed by atoms with E-state index in [4.69, 9.17) is 0 Å². The number of carbonyl (C=O) groups excluding carboxylic acids is 1. The Morgan fingerprint density at radius 1 is 1.25 bits per heavy atom.